The first-order chi connectivity index (χ1) is 12.9. The second-order valence-electron chi connectivity index (χ2n) is 6.76. The summed E-state index contributed by atoms with van der Waals surface area (Å²) in [5.41, 5.74) is 1.79. The lowest BCUT2D eigenvalue weighted by molar-refractivity contribution is 0.0927. The van der Waals surface area contributed by atoms with Crippen LogP contribution in [0.4, 0.5) is 0 Å². The highest BCUT2D eigenvalue weighted by molar-refractivity contribution is 5.92. The molecule has 0 aliphatic carbocycles. The lowest BCUT2D eigenvalue weighted by Crippen LogP contribution is -2.28. The fourth-order valence-corrected chi connectivity index (χ4v) is 2.61. The van der Waals surface area contributed by atoms with Crippen LogP contribution in [-0.2, 0) is 6.42 Å². The van der Waals surface area contributed by atoms with Gasteiger partial charge >= 0.3 is 0 Å². The Hall–Kier alpha value is -3.16. The third-order valence-electron chi connectivity index (χ3n) is 3.79. The van der Waals surface area contributed by atoms with Crippen molar-refractivity contribution in [2.75, 3.05) is 0 Å². The van der Waals surface area contributed by atoms with E-state index < -0.39 is 6.04 Å². The second kappa shape index (κ2) is 8.03. The molecule has 0 spiro atoms. The summed E-state index contributed by atoms with van der Waals surface area (Å²) in [6.45, 7) is 7.76. The second-order valence-corrected chi connectivity index (χ2v) is 6.76. The van der Waals surface area contributed by atoms with E-state index in [0.29, 0.717) is 34.8 Å². The first-order valence-electron chi connectivity index (χ1n) is 8.83. The van der Waals surface area contributed by atoms with Crippen LogP contribution in [0.3, 0.4) is 0 Å². The maximum atomic E-state index is 12.6. The van der Waals surface area contributed by atoms with Gasteiger partial charge < -0.3 is 9.84 Å². The van der Waals surface area contributed by atoms with Crippen molar-refractivity contribution in [3.05, 3.63) is 53.6 Å². The number of carbonyl (C=O) groups excluding carboxylic acids is 1. The van der Waals surface area contributed by atoms with Crippen molar-refractivity contribution in [2.24, 2.45) is 5.92 Å². The molecule has 3 aromatic rings. The van der Waals surface area contributed by atoms with Gasteiger partial charge in [-0.3, -0.25) is 9.78 Å². The Morgan fingerprint density at radius 1 is 1.19 bits per heavy atom. The van der Waals surface area contributed by atoms with Crippen molar-refractivity contribution >= 4 is 5.91 Å². The van der Waals surface area contributed by atoms with Crippen molar-refractivity contribution in [1.82, 2.24) is 30.4 Å². The molecule has 3 heterocycles. The molecule has 0 aromatic carbocycles. The van der Waals surface area contributed by atoms with Crippen LogP contribution in [-0.4, -0.2) is 31.0 Å². The molecule has 140 valence electrons. The zero-order chi connectivity index (χ0) is 19.4. The number of nitrogens with one attached hydrogen (secondary N) is 1. The zero-order valence-corrected chi connectivity index (χ0v) is 15.8. The van der Waals surface area contributed by atoms with E-state index in [2.05, 4.69) is 44.3 Å². The summed E-state index contributed by atoms with van der Waals surface area (Å²) < 4.78 is 5.27. The third kappa shape index (κ3) is 4.72. The monoisotopic (exact) mass is 366 g/mol. The maximum absolute atomic E-state index is 12.6. The Morgan fingerprint density at radius 3 is 2.70 bits per heavy atom. The normalized spacial score (nSPS) is 12.2. The Morgan fingerprint density at radius 2 is 2.00 bits per heavy atom. The number of rotatable bonds is 6. The highest BCUT2D eigenvalue weighted by Crippen LogP contribution is 2.17. The van der Waals surface area contributed by atoms with E-state index in [-0.39, 0.29) is 5.91 Å². The average Bonchev–Trinajstić information content (AvgIpc) is 3.11. The van der Waals surface area contributed by atoms with Gasteiger partial charge in [-0.15, -0.1) is 0 Å². The number of pyridine rings is 1. The van der Waals surface area contributed by atoms with Crippen LogP contribution >= 0.6 is 0 Å². The van der Waals surface area contributed by atoms with E-state index in [9.17, 15) is 4.79 Å². The summed E-state index contributed by atoms with van der Waals surface area (Å²) in [6, 6.07) is 6.70. The Balaban J connectivity index is 1.73. The lowest BCUT2D eigenvalue weighted by Gasteiger charge is -2.11. The van der Waals surface area contributed by atoms with Crippen molar-refractivity contribution in [2.45, 2.75) is 40.2 Å². The molecule has 0 aliphatic heterocycles. The van der Waals surface area contributed by atoms with Crippen molar-refractivity contribution in [1.29, 1.82) is 0 Å². The Labute approximate surface area is 157 Å². The SMILES string of the molecule is Cc1nc(CC(C)C)cc(C(=O)N[C@@H](C)c2nc(-c3ccccn3)no2)n1. The number of carbonyl (C=O) groups is 1. The molecule has 0 radical (unpaired) electrons. The summed E-state index contributed by atoms with van der Waals surface area (Å²) >= 11 is 0. The Kier molecular flexibility index (Phi) is 5.54. The number of amides is 1. The number of nitrogens with zero attached hydrogens (tertiary/aromatic N) is 5. The van der Waals surface area contributed by atoms with E-state index in [4.69, 9.17) is 4.52 Å². The van der Waals surface area contributed by atoms with Crippen LogP contribution < -0.4 is 5.32 Å². The van der Waals surface area contributed by atoms with Gasteiger partial charge in [0.05, 0.1) is 0 Å². The van der Waals surface area contributed by atoms with Crippen LogP contribution in [0.2, 0.25) is 0 Å². The van der Waals surface area contributed by atoms with Crippen LogP contribution in [0.15, 0.2) is 35.0 Å². The topological polar surface area (TPSA) is 107 Å². The van der Waals surface area contributed by atoms with E-state index in [1.54, 1.807) is 32.2 Å². The van der Waals surface area contributed by atoms with Gasteiger partial charge in [0.1, 0.15) is 23.3 Å². The summed E-state index contributed by atoms with van der Waals surface area (Å²) in [4.78, 5) is 29.7. The van der Waals surface area contributed by atoms with Crippen molar-refractivity contribution in [3.8, 4) is 11.5 Å². The van der Waals surface area contributed by atoms with Gasteiger partial charge in [-0.2, -0.15) is 4.98 Å². The van der Waals surface area contributed by atoms with Crippen LogP contribution in [0.1, 0.15) is 54.7 Å². The summed E-state index contributed by atoms with van der Waals surface area (Å²) in [7, 11) is 0. The quantitative estimate of drug-likeness (QED) is 0.715. The van der Waals surface area contributed by atoms with Crippen LogP contribution in [0, 0.1) is 12.8 Å². The van der Waals surface area contributed by atoms with E-state index in [1.165, 1.54) is 0 Å². The number of hydrogen-bond donors (Lipinski definition) is 1. The predicted molar refractivity (Wildman–Crippen MR) is 98.7 cm³/mol. The van der Waals surface area contributed by atoms with E-state index in [1.807, 2.05) is 12.1 Å². The number of hydrogen-bond acceptors (Lipinski definition) is 7. The molecule has 0 fully saturated rings. The minimum Gasteiger partial charge on any atom is -0.339 e. The first-order valence-corrected chi connectivity index (χ1v) is 8.83. The van der Waals surface area contributed by atoms with Gasteiger partial charge in [-0.25, -0.2) is 9.97 Å². The number of aryl methyl sites for hydroxylation is 1. The number of aromatic nitrogens is 5. The molecular weight excluding hydrogens is 344 g/mol. The highest BCUT2D eigenvalue weighted by Gasteiger charge is 2.20. The van der Waals surface area contributed by atoms with Crippen LogP contribution in [0.5, 0.6) is 0 Å². The summed E-state index contributed by atoms with van der Waals surface area (Å²) in [5, 5.41) is 6.76. The smallest absolute Gasteiger partial charge is 0.270 e. The molecule has 0 saturated carbocycles. The van der Waals surface area contributed by atoms with Gasteiger partial charge in [-0.1, -0.05) is 25.1 Å². The largest absolute Gasteiger partial charge is 0.339 e. The molecule has 3 aromatic heterocycles. The minimum absolute atomic E-state index is 0.303. The minimum atomic E-state index is -0.466. The highest BCUT2D eigenvalue weighted by atomic mass is 16.5. The first kappa shape index (κ1) is 18.6. The molecule has 0 unspecified atom stereocenters. The molecule has 0 saturated heterocycles. The third-order valence-corrected chi connectivity index (χ3v) is 3.79. The Bertz CT molecular complexity index is 923. The van der Waals surface area contributed by atoms with Gasteiger partial charge in [0, 0.05) is 11.9 Å². The van der Waals surface area contributed by atoms with Gasteiger partial charge in [-0.05, 0) is 44.4 Å². The molecule has 0 aliphatic rings. The van der Waals surface area contributed by atoms with E-state index in [0.717, 1.165) is 12.1 Å². The van der Waals surface area contributed by atoms with Crippen molar-refractivity contribution in [3.63, 3.8) is 0 Å². The summed E-state index contributed by atoms with van der Waals surface area (Å²) in [6.07, 6.45) is 2.44. The standard InChI is InChI=1S/C19H22N6O2/c1-11(2)9-14-10-16(23-13(4)22-14)18(26)21-12(3)19-24-17(25-27-19)15-7-5-6-8-20-15/h5-8,10-12H,9H2,1-4H3,(H,21,26)/t12-/m0/s1. The fraction of sp³-hybridized carbons (Fsp3) is 0.368. The summed E-state index contributed by atoms with van der Waals surface area (Å²) in [5.74, 6) is 1.38. The molecule has 1 N–H and O–H groups in total. The molecule has 0 bridgehead atoms. The van der Waals surface area contributed by atoms with Gasteiger partial charge in [0.15, 0.2) is 0 Å². The maximum Gasteiger partial charge on any atom is 0.270 e. The van der Waals surface area contributed by atoms with Crippen molar-refractivity contribution < 1.29 is 9.32 Å². The zero-order valence-electron chi connectivity index (χ0n) is 15.8. The average molecular weight is 366 g/mol. The molecule has 1 atom stereocenters. The van der Waals surface area contributed by atoms with Gasteiger partial charge in [0.25, 0.3) is 5.91 Å². The van der Waals surface area contributed by atoms with Crippen LogP contribution in [0.25, 0.3) is 11.5 Å². The molecule has 1 amide bonds. The molecular formula is C19H22N6O2. The fourth-order valence-electron chi connectivity index (χ4n) is 2.61. The van der Waals surface area contributed by atoms with E-state index >= 15 is 0 Å². The molecule has 8 heteroatoms. The van der Waals surface area contributed by atoms with Gasteiger partial charge in [0.2, 0.25) is 11.7 Å². The lowest BCUT2D eigenvalue weighted by atomic mass is 10.1. The predicted octanol–water partition coefficient (Wildman–Crippen LogP) is 2.92. The molecule has 27 heavy (non-hydrogen) atoms. The molecule has 3 rings (SSSR count). The molecule has 8 nitrogen and oxygen atoms in total.